The van der Waals surface area contributed by atoms with Crippen LogP contribution in [0, 0.1) is 6.92 Å². The Labute approximate surface area is 166 Å². The number of likely N-dealkylation sites (N-methyl/N-ethyl adjacent to an activating group) is 1. The predicted molar refractivity (Wildman–Crippen MR) is 113 cm³/mol. The number of fused-ring (bicyclic) bond motifs is 1. The maximum absolute atomic E-state index is 13.2. The van der Waals surface area contributed by atoms with Gasteiger partial charge >= 0.3 is 0 Å². The van der Waals surface area contributed by atoms with Crippen molar-refractivity contribution in [3.05, 3.63) is 59.2 Å². The van der Waals surface area contributed by atoms with Crippen LogP contribution in [0.25, 0.3) is 0 Å². The van der Waals surface area contributed by atoms with Crippen molar-refractivity contribution in [1.82, 2.24) is 4.90 Å². The summed E-state index contributed by atoms with van der Waals surface area (Å²) in [7, 11) is 3.98. The second-order valence-corrected chi connectivity index (χ2v) is 8.53. The molecule has 0 aliphatic carbocycles. The monoisotopic (exact) mass is 384 g/mol. The highest BCUT2D eigenvalue weighted by molar-refractivity contribution is 7.99. The SMILES string of the molecule is CCc1ccc2c(c1)S[C@H](c1ccc(C)cc1)[C@H](O)C(=O)N2CCN(C)C. The van der Waals surface area contributed by atoms with Crippen LogP contribution in [0.1, 0.15) is 28.9 Å². The average Bonchev–Trinajstić information content (AvgIpc) is 2.76. The molecule has 0 saturated heterocycles. The molecule has 0 aromatic heterocycles. The van der Waals surface area contributed by atoms with Gasteiger partial charge in [-0.1, -0.05) is 42.8 Å². The zero-order valence-electron chi connectivity index (χ0n) is 16.5. The van der Waals surface area contributed by atoms with E-state index in [-0.39, 0.29) is 11.2 Å². The second kappa shape index (κ2) is 8.46. The third-order valence-electron chi connectivity index (χ3n) is 4.96. The molecule has 0 spiro atoms. The molecule has 1 aliphatic rings. The lowest BCUT2D eigenvalue weighted by Crippen LogP contribution is -2.43. The van der Waals surface area contributed by atoms with Crippen LogP contribution >= 0.6 is 11.8 Å². The van der Waals surface area contributed by atoms with Gasteiger partial charge in [-0.3, -0.25) is 4.79 Å². The summed E-state index contributed by atoms with van der Waals surface area (Å²) < 4.78 is 0. The maximum Gasteiger partial charge on any atom is 0.257 e. The molecule has 1 N–H and O–H groups in total. The molecule has 2 aromatic rings. The zero-order valence-corrected chi connectivity index (χ0v) is 17.3. The van der Waals surface area contributed by atoms with Crippen LogP contribution in [-0.2, 0) is 11.2 Å². The molecular weight excluding hydrogens is 356 g/mol. The minimum absolute atomic E-state index is 0.224. The van der Waals surface area contributed by atoms with Gasteiger partial charge in [0.05, 0.1) is 10.9 Å². The summed E-state index contributed by atoms with van der Waals surface area (Å²) in [6, 6.07) is 14.4. The number of carbonyl (C=O) groups is 1. The first-order chi connectivity index (χ1) is 12.9. The van der Waals surface area contributed by atoms with Crippen molar-refractivity contribution in [2.24, 2.45) is 0 Å². The maximum atomic E-state index is 13.2. The first kappa shape index (κ1) is 19.9. The molecule has 144 valence electrons. The largest absolute Gasteiger partial charge is 0.382 e. The van der Waals surface area contributed by atoms with Crippen LogP contribution in [0.15, 0.2) is 47.4 Å². The van der Waals surface area contributed by atoms with E-state index in [0.29, 0.717) is 6.54 Å². The Hall–Kier alpha value is -1.82. The van der Waals surface area contributed by atoms with Crippen molar-refractivity contribution in [3.8, 4) is 0 Å². The van der Waals surface area contributed by atoms with Gasteiger partial charge in [0.15, 0.2) is 0 Å². The van der Waals surface area contributed by atoms with E-state index in [1.54, 1.807) is 16.7 Å². The van der Waals surface area contributed by atoms with Gasteiger partial charge in [-0.2, -0.15) is 0 Å². The quantitative estimate of drug-likeness (QED) is 0.854. The number of hydrogen-bond acceptors (Lipinski definition) is 4. The molecule has 0 saturated carbocycles. The fourth-order valence-corrected chi connectivity index (χ4v) is 4.57. The third-order valence-corrected chi connectivity index (χ3v) is 6.32. The highest BCUT2D eigenvalue weighted by Gasteiger charge is 2.37. The molecule has 1 heterocycles. The normalized spacial score (nSPS) is 19.9. The van der Waals surface area contributed by atoms with Gasteiger partial charge in [-0.15, -0.1) is 11.8 Å². The molecule has 2 atom stereocenters. The van der Waals surface area contributed by atoms with Crippen molar-refractivity contribution >= 4 is 23.4 Å². The molecule has 0 fully saturated rings. The van der Waals surface area contributed by atoms with Crippen LogP contribution < -0.4 is 4.90 Å². The highest BCUT2D eigenvalue weighted by atomic mass is 32.2. The van der Waals surface area contributed by atoms with Gasteiger partial charge in [-0.25, -0.2) is 0 Å². The number of thioether (sulfide) groups is 1. The van der Waals surface area contributed by atoms with Crippen molar-refractivity contribution < 1.29 is 9.90 Å². The smallest absolute Gasteiger partial charge is 0.257 e. The summed E-state index contributed by atoms with van der Waals surface area (Å²) in [6.07, 6.45) is -0.130. The van der Waals surface area contributed by atoms with Crippen molar-refractivity contribution in [2.45, 2.75) is 36.5 Å². The summed E-state index contributed by atoms with van der Waals surface area (Å²) in [4.78, 5) is 18.0. The number of aryl methyl sites for hydroxylation is 2. The summed E-state index contributed by atoms with van der Waals surface area (Å²) >= 11 is 1.59. The first-order valence-corrected chi connectivity index (χ1v) is 10.3. The van der Waals surface area contributed by atoms with Crippen LogP contribution in [0.4, 0.5) is 5.69 Å². The molecule has 27 heavy (non-hydrogen) atoms. The third kappa shape index (κ3) is 4.37. The average molecular weight is 385 g/mol. The van der Waals surface area contributed by atoms with E-state index < -0.39 is 6.10 Å². The molecule has 5 heteroatoms. The van der Waals surface area contributed by atoms with Crippen LogP contribution in [0.2, 0.25) is 0 Å². The number of aliphatic hydroxyl groups excluding tert-OH is 1. The number of amides is 1. The zero-order chi connectivity index (χ0) is 19.6. The van der Waals surface area contributed by atoms with Crippen LogP contribution in [0.5, 0.6) is 0 Å². The first-order valence-electron chi connectivity index (χ1n) is 9.41. The van der Waals surface area contributed by atoms with Crippen LogP contribution in [0.3, 0.4) is 0 Å². The fraction of sp³-hybridized carbons (Fsp3) is 0.409. The Kier molecular flexibility index (Phi) is 6.25. The number of hydrogen-bond donors (Lipinski definition) is 1. The second-order valence-electron chi connectivity index (χ2n) is 7.34. The number of carbonyl (C=O) groups excluding carboxylic acids is 1. The summed E-state index contributed by atoms with van der Waals surface area (Å²) in [5.74, 6) is -0.224. The molecular formula is C22H28N2O2S. The Morgan fingerprint density at radius 3 is 2.48 bits per heavy atom. The highest BCUT2D eigenvalue weighted by Crippen LogP contribution is 2.46. The lowest BCUT2D eigenvalue weighted by atomic mass is 10.0. The number of benzene rings is 2. The van der Waals surface area contributed by atoms with Gasteiger partial charge in [0.2, 0.25) is 0 Å². The van der Waals surface area contributed by atoms with Crippen molar-refractivity contribution in [2.75, 3.05) is 32.1 Å². The van der Waals surface area contributed by atoms with Crippen molar-refractivity contribution in [1.29, 1.82) is 0 Å². The van der Waals surface area contributed by atoms with E-state index in [9.17, 15) is 9.90 Å². The van der Waals surface area contributed by atoms with E-state index in [4.69, 9.17) is 0 Å². The summed E-state index contributed by atoms with van der Waals surface area (Å²) in [5.41, 5.74) is 4.28. The van der Waals surface area contributed by atoms with E-state index in [1.807, 2.05) is 51.4 Å². The number of nitrogens with zero attached hydrogens (tertiary/aromatic N) is 2. The van der Waals surface area contributed by atoms with E-state index in [1.165, 1.54) is 11.1 Å². The van der Waals surface area contributed by atoms with E-state index in [2.05, 4.69) is 24.0 Å². The number of rotatable bonds is 5. The lowest BCUT2D eigenvalue weighted by Gasteiger charge is -2.26. The van der Waals surface area contributed by atoms with Gasteiger partial charge in [0.25, 0.3) is 5.91 Å². The minimum Gasteiger partial charge on any atom is -0.382 e. The minimum atomic E-state index is -1.07. The summed E-state index contributed by atoms with van der Waals surface area (Å²) in [5, 5.41) is 10.6. The standard InChI is InChI=1S/C22H28N2O2S/c1-5-16-8-11-18-19(14-16)27-21(17-9-6-15(2)7-10-17)20(25)22(26)24(18)13-12-23(3)4/h6-11,14,20-21,25H,5,12-13H2,1-4H3/t20-,21+/m0/s1. The molecule has 0 radical (unpaired) electrons. The van der Waals surface area contributed by atoms with Gasteiger partial charge in [0, 0.05) is 18.0 Å². The molecule has 0 unspecified atom stereocenters. The van der Waals surface area contributed by atoms with Gasteiger partial charge < -0.3 is 14.9 Å². The van der Waals surface area contributed by atoms with Gasteiger partial charge in [-0.05, 0) is 50.7 Å². The van der Waals surface area contributed by atoms with E-state index >= 15 is 0 Å². The molecule has 0 bridgehead atoms. The molecule has 1 aliphatic heterocycles. The Balaban J connectivity index is 2.04. The number of aliphatic hydroxyl groups is 1. The molecule has 3 rings (SSSR count). The predicted octanol–water partition coefficient (Wildman–Crippen LogP) is 3.66. The number of anilines is 1. The molecule has 2 aromatic carbocycles. The van der Waals surface area contributed by atoms with Crippen LogP contribution in [-0.4, -0.2) is 49.2 Å². The topological polar surface area (TPSA) is 43.8 Å². The Bertz CT molecular complexity index is 804. The lowest BCUT2D eigenvalue weighted by molar-refractivity contribution is -0.126. The fourth-order valence-electron chi connectivity index (χ4n) is 3.24. The molecule has 4 nitrogen and oxygen atoms in total. The Morgan fingerprint density at radius 2 is 1.85 bits per heavy atom. The van der Waals surface area contributed by atoms with E-state index in [0.717, 1.165) is 29.1 Å². The van der Waals surface area contributed by atoms with Gasteiger partial charge in [0.1, 0.15) is 6.10 Å². The summed E-state index contributed by atoms with van der Waals surface area (Å²) in [6.45, 7) is 5.47. The van der Waals surface area contributed by atoms with Crippen molar-refractivity contribution in [3.63, 3.8) is 0 Å². The molecule has 1 amide bonds. The Morgan fingerprint density at radius 1 is 1.15 bits per heavy atom.